The van der Waals surface area contributed by atoms with Crippen molar-refractivity contribution in [2.24, 2.45) is 10.7 Å². The van der Waals surface area contributed by atoms with Crippen molar-refractivity contribution in [1.82, 2.24) is 5.32 Å². The summed E-state index contributed by atoms with van der Waals surface area (Å²) in [5, 5.41) is 2.25. The number of nitrogens with zero attached hydrogens (tertiary/aromatic N) is 1. The second-order valence-corrected chi connectivity index (χ2v) is 3.87. The van der Waals surface area contributed by atoms with Crippen LogP contribution in [0.5, 0.6) is 0 Å². The largest absolute Gasteiger partial charge is 0.399 e. The molecule has 2 rings (SSSR count). The predicted octanol–water partition coefficient (Wildman–Crippen LogP) is 1.03. The van der Waals surface area contributed by atoms with Crippen molar-refractivity contribution in [3.63, 3.8) is 0 Å². The summed E-state index contributed by atoms with van der Waals surface area (Å²) in [4.78, 5) is 26.5. The number of hydrogen-bond donors (Lipinski definition) is 3. The van der Waals surface area contributed by atoms with Crippen LogP contribution in [0, 0.1) is 0 Å². The number of rotatable bonds is 2. The van der Waals surface area contributed by atoms with Gasteiger partial charge in [0.1, 0.15) is 0 Å². The fraction of sp³-hybridized carbons (Fsp3) is 0. The first-order valence-electron chi connectivity index (χ1n) is 5.49. The average Bonchev–Trinajstić information content (AvgIpc) is 2.36. The van der Waals surface area contributed by atoms with Gasteiger partial charge in [-0.2, -0.15) is 0 Å². The van der Waals surface area contributed by atoms with E-state index in [2.05, 4.69) is 10.3 Å². The molecule has 5 N–H and O–H groups in total. The molecule has 0 saturated heterocycles. The van der Waals surface area contributed by atoms with E-state index in [-0.39, 0.29) is 11.5 Å². The van der Waals surface area contributed by atoms with E-state index in [9.17, 15) is 9.59 Å². The Morgan fingerprint density at radius 3 is 2.47 bits per heavy atom. The Morgan fingerprint density at radius 2 is 1.84 bits per heavy atom. The van der Waals surface area contributed by atoms with Gasteiger partial charge in [0.2, 0.25) is 5.78 Å². The van der Waals surface area contributed by atoms with Crippen LogP contribution in [-0.2, 0) is 4.79 Å². The molecule has 1 aliphatic rings. The molecular formula is C13H12N4O2. The maximum atomic E-state index is 11.5. The van der Waals surface area contributed by atoms with Crippen molar-refractivity contribution < 1.29 is 9.59 Å². The van der Waals surface area contributed by atoms with Crippen LogP contribution in [0.25, 0.3) is 0 Å². The fourth-order valence-electron chi connectivity index (χ4n) is 1.52. The lowest BCUT2D eigenvalue weighted by Gasteiger charge is -2.08. The van der Waals surface area contributed by atoms with Crippen LogP contribution in [0.2, 0.25) is 0 Å². The second-order valence-electron chi connectivity index (χ2n) is 3.87. The number of carbonyl (C=O) groups excluding carboxylic acids is 2. The molecule has 1 aliphatic carbocycles. The van der Waals surface area contributed by atoms with Crippen LogP contribution < -0.4 is 16.8 Å². The van der Waals surface area contributed by atoms with Crippen molar-refractivity contribution in [3.8, 4) is 0 Å². The molecule has 0 radical (unpaired) electrons. The van der Waals surface area contributed by atoms with Gasteiger partial charge in [-0.05, 0) is 42.5 Å². The number of anilines is 1. The van der Waals surface area contributed by atoms with Crippen LogP contribution in [0.15, 0.2) is 53.2 Å². The molecule has 0 unspecified atom stereocenters. The number of benzene rings is 1. The predicted molar refractivity (Wildman–Crippen MR) is 72.9 cm³/mol. The molecule has 0 heterocycles. The molecule has 6 nitrogen and oxygen atoms in total. The van der Waals surface area contributed by atoms with Crippen LogP contribution in [-0.4, -0.2) is 17.5 Å². The number of allylic oxidation sites excluding steroid dienone is 3. The summed E-state index contributed by atoms with van der Waals surface area (Å²) in [7, 11) is 0. The summed E-state index contributed by atoms with van der Waals surface area (Å²) >= 11 is 0. The van der Waals surface area contributed by atoms with E-state index in [1.54, 1.807) is 30.3 Å². The van der Waals surface area contributed by atoms with E-state index < -0.39 is 6.03 Å². The summed E-state index contributed by atoms with van der Waals surface area (Å²) < 4.78 is 0. The average molecular weight is 256 g/mol. The van der Waals surface area contributed by atoms with Gasteiger partial charge in [-0.3, -0.25) is 4.79 Å². The highest BCUT2D eigenvalue weighted by atomic mass is 16.2. The van der Waals surface area contributed by atoms with Gasteiger partial charge in [0.05, 0.1) is 17.1 Å². The number of amides is 2. The van der Waals surface area contributed by atoms with Crippen molar-refractivity contribution in [2.75, 3.05) is 5.73 Å². The van der Waals surface area contributed by atoms with E-state index in [0.717, 1.165) is 0 Å². The quantitative estimate of drug-likeness (QED) is 0.542. The Labute approximate surface area is 109 Å². The molecule has 1 aromatic rings. The lowest BCUT2D eigenvalue weighted by atomic mass is 10.1. The molecule has 96 valence electrons. The molecule has 0 bridgehead atoms. The first-order valence-corrected chi connectivity index (χ1v) is 5.49. The maximum Gasteiger partial charge on any atom is 0.316 e. The number of nitrogens with one attached hydrogen (secondary N) is 1. The lowest BCUT2D eigenvalue weighted by Crippen LogP contribution is -2.32. The van der Waals surface area contributed by atoms with Crippen molar-refractivity contribution in [3.05, 3.63) is 48.2 Å². The van der Waals surface area contributed by atoms with E-state index in [1.807, 2.05) is 0 Å². The summed E-state index contributed by atoms with van der Waals surface area (Å²) in [6.45, 7) is 0. The summed E-state index contributed by atoms with van der Waals surface area (Å²) in [5.41, 5.74) is 12.5. The zero-order chi connectivity index (χ0) is 13.8. The number of aliphatic imine (C=N–C) groups is 1. The standard InChI is InChI=1S/C13H12N4O2/c14-8-1-3-9(4-2-8)16-10-5-6-12(18)11(7-10)17-13(15)19/h1-7H,14H2,(H3,15,17,19). The number of nitrogens with two attached hydrogens (primary N) is 2. The summed E-state index contributed by atoms with van der Waals surface area (Å²) in [6, 6.07) is 6.16. The molecule has 0 saturated carbocycles. The highest BCUT2D eigenvalue weighted by Gasteiger charge is 2.13. The molecule has 19 heavy (non-hydrogen) atoms. The Kier molecular flexibility index (Phi) is 3.42. The number of carbonyl (C=O) groups is 2. The minimum atomic E-state index is -0.790. The van der Waals surface area contributed by atoms with Crippen molar-refractivity contribution >= 4 is 28.9 Å². The number of nitrogen functional groups attached to an aromatic ring is 1. The van der Waals surface area contributed by atoms with Crippen molar-refractivity contribution in [1.29, 1.82) is 0 Å². The highest BCUT2D eigenvalue weighted by Crippen LogP contribution is 2.16. The van der Waals surface area contributed by atoms with Gasteiger partial charge in [0.15, 0.2) is 0 Å². The maximum absolute atomic E-state index is 11.5. The Balaban J connectivity index is 2.27. The minimum Gasteiger partial charge on any atom is -0.399 e. The van der Waals surface area contributed by atoms with Gasteiger partial charge in [0.25, 0.3) is 0 Å². The Bertz CT molecular complexity index is 612. The third-order valence-electron chi connectivity index (χ3n) is 2.37. The van der Waals surface area contributed by atoms with Crippen LogP contribution in [0.1, 0.15) is 0 Å². The number of ketones is 1. The zero-order valence-corrected chi connectivity index (χ0v) is 9.96. The Morgan fingerprint density at radius 1 is 1.16 bits per heavy atom. The van der Waals surface area contributed by atoms with Crippen LogP contribution in [0.4, 0.5) is 16.2 Å². The molecule has 0 atom stereocenters. The third-order valence-corrected chi connectivity index (χ3v) is 2.37. The van der Waals surface area contributed by atoms with Gasteiger partial charge in [-0.1, -0.05) is 0 Å². The molecular weight excluding hydrogens is 244 g/mol. The van der Waals surface area contributed by atoms with Crippen LogP contribution >= 0.6 is 0 Å². The first kappa shape index (κ1) is 12.6. The van der Waals surface area contributed by atoms with Crippen molar-refractivity contribution in [2.45, 2.75) is 0 Å². The number of urea groups is 1. The minimum absolute atomic E-state index is 0.101. The molecule has 0 spiro atoms. The van der Waals surface area contributed by atoms with Gasteiger partial charge < -0.3 is 16.8 Å². The number of hydrogen-bond acceptors (Lipinski definition) is 4. The van der Waals surface area contributed by atoms with E-state index in [4.69, 9.17) is 11.5 Å². The monoisotopic (exact) mass is 256 g/mol. The molecule has 6 heteroatoms. The molecule has 0 fully saturated rings. The molecule has 1 aromatic carbocycles. The van der Waals surface area contributed by atoms with Crippen LogP contribution in [0.3, 0.4) is 0 Å². The van der Waals surface area contributed by atoms with Gasteiger partial charge in [-0.15, -0.1) is 0 Å². The molecule has 0 aromatic heterocycles. The topological polar surface area (TPSA) is 111 Å². The normalized spacial score (nSPS) is 16.3. The first-order chi connectivity index (χ1) is 9.04. The Hall–Kier alpha value is -2.89. The van der Waals surface area contributed by atoms with Gasteiger partial charge >= 0.3 is 6.03 Å². The summed E-state index contributed by atoms with van der Waals surface area (Å²) in [5.74, 6) is -0.324. The fourth-order valence-corrected chi connectivity index (χ4v) is 1.52. The van der Waals surface area contributed by atoms with Gasteiger partial charge in [0, 0.05) is 5.69 Å². The molecule has 2 amide bonds. The second kappa shape index (κ2) is 5.18. The SMILES string of the molecule is NC(=O)NC1=CC(=Nc2ccc(N)cc2)C=CC1=O. The lowest BCUT2D eigenvalue weighted by molar-refractivity contribution is -0.111. The summed E-state index contributed by atoms with van der Waals surface area (Å²) in [6.07, 6.45) is 4.34. The van der Waals surface area contributed by atoms with Gasteiger partial charge in [-0.25, -0.2) is 9.79 Å². The van der Waals surface area contributed by atoms with E-state index in [0.29, 0.717) is 17.1 Å². The molecule has 0 aliphatic heterocycles. The smallest absolute Gasteiger partial charge is 0.316 e. The highest BCUT2D eigenvalue weighted by molar-refractivity contribution is 6.20. The van der Waals surface area contributed by atoms with E-state index in [1.165, 1.54) is 12.2 Å². The van der Waals surface area contributed by atoms with E-state index >= 15 is 0 Å². The third kappa shape index (κ3) is 3.29. The zero-order valence-electron chi connectivity index (χ0n) is 9.96. The number of primary amides is 1.